The second-order valence-corrected chi connectivity index (χ2v) is 9.11. The van der Waals surface area contributed by atoms with Gasteiger partial charge in [0.25, 0.3) is 0 Å². The maximum absolute atomic E-state index is 13.2. The molecule has 0 N–H and O–H groups in total. The lowest BCUT2D eigenvalue weighted by atomic mass is 10.2. The molecule has 1 heterocycles. The Morgan fingerprint density at radius 3 is 2.13 bits per heavy atom. The predicted molar refractivity (Wildman–Crippen MR) is 120 cm³/mol. The van der Waals surface area contributed by atoms with Crippen molar-refractivity contribution in [1.29, 1.82) is 0 Å². The maximum Gasteiger partial charge on any atom is 0.238 e. The molecule has 31 heavy (non-hydrogen) atoms. The molecule has 0 aliphatic carbocycles. The van der Waals surface area contributed by atoms with Gasteiger partial charge < -0.3 is 9.32 Å². The van der Waals surface area contributed by atoms with Crippen LogP contribution in [0.3, 0.4) is 0 Å². The van der Waals surface area contributed by atoms with E-state index in [4.69, 9.17) is 4.42 Å². The molecule has 0 saturated heterocycles. The number of nitrogens with zero attached hydrogens (tertiary/aromatic N) is 2. The number of amides is 1. The molecule has 0 fully saturated rings. The highest BCUT2D eigenvalue weighted by Gasteiger charge is 2.27. The van der Waals surface area contributed by atoms with Crippen LogP contribution in [-0.4, -0.2) is 36.6 Å². The molecule has 3 rings (SSSR count). The van der Waals surface area contributed by atoms with Crippen LogP contribution in [-0.2, 0) is 33.7 Å². The van der Waals surface area contributed by atoms with Crippen LogP contribution in [0, 0.1) is 0 Å². The molecule has 0 atom stereocenters. The van der Waals surface area contributed by atoms with E-state index >= 15 is 0 Å². The summed E-state index contributed by atoms with van der Waals surface area (Å²) < 4.78 is 32.6. The van der Waals surface area contributed by atoms with Crippen LogP contribution in [0.4, 0.5) is 0 Å². The minimum atomic E-state index is -3.71. The third-order valence-corrected chi connectivity index (χ3v) is 6.49. The van der Waals surface area contributed by atoms with Gasteiger partial charge in [-0.05, 0) is 23.3 Å². The van der Waals surface area contributed by atoms with E-state index in [0.717, 1.165) is 5.56 Å². The van der Waals surface area contributed by atoms with Crippen molar-refractivity contribution in [3.63, 3.8) is 0 Å². The molecular formula is C24H26N2O4S. The number of hydrogen-bond donors (Lipinski definition) is 0. The van der Waals surface area contributed by atoms with Crippen LogP contribution in [0.5, 0.6) is 0 Å². The normalized spacial score (nSPS) is 11.4. The Kier molecular flexibility index (Phi) is 7.81. The van der Waals surface area contributed by atoms with E-state index in [2.05, 4.69) is 6.58 Å². The Hall–Kier alpha value is -3.16. The van der Waals surface area contributed by atoms with Gasteiger partial charge in [-0.2, -0.15) is 4.31 Å². The summed E-state index contributed by atoms with van der Waals surface area (Å²) in [6, 6.07) is 22.0. The van der Waals surface area contributed by atoms with Crippen molar-refractivity contribution in [3.8, 4) is 0 Å². The zero-order valence-corrected chi connectivity index (χ0v) is 18.1. The second kappa shape index (κ2) is 10.7. The van der Waals surface area contributed by atoms with Crippen molar-refractivity contribution in [2.24, 2.45) is 0 Å². The molecule has 1 aromatic heterocycles. The number of hydrogen-bond acceptors (Lipinski definition) is 4. The Bertz CT molecular complexity index is 1070. The Labute approximate surface area is 183 Å². The molecule has 3 aromatic rings. The van der Waals surface area contributed by atoms with Gasteiger partial charge >= 0.3 is 0 Å². The first-order chi connectivity index (χ1) is 15.0. The zero-order chi connectivity index (χ0) is 22.1. The molecule has 1 amide bonds. The fourth-order valence-corrected chi connectivity index (χ4v) is 4.61. The van der Waals surface area contributed by atoms with Crippen molar-refractivity contribution in [2.75, 3.05) is 13.1 Å². The first kappa shape index (κ1) is 22.5. The maximum atomic E-state index is 13.2. The number of benzene rings is 2. The van der Waals surface area contributed by atoms with Crippen LogP contribution >= 0.6 is 0 Å². The molecule has 0 spiro atoms. The summed E-state index contributed by atoms with van der Waals surface area (Å²) in [7, 11) is -3.71. The van der Waals surface area contributed by atoms with E-state index in [9.17, 15) is 13.2 Å². The molecule has 0 saturated carbocycles. The number of sulfonamides is 1. The van der Waals surface area contributed by atoms with E-state index in [-0.39, 0.29) is 31.3 Å². The van der Waals surface area contributed by atoms with Crippen molar-refractivity contribution >= 4 is 15.9 Å². The minimum absolute atomic E-state index is 0.0564. The largest absolute Gasteiger partial charge is 0.467 e. The topological polar surface area (TPSA) is 70.8 Å². The number of carbonyl (C=O) groups is 1. The molecule has 6 nitrogen and oxygen atoms in total. The van der Waals surface area contributed by atoms with Crippen LogP contribution in [0.15, 0.2) is 96.1 Å². The summed E-state index contributed by atoms with van der Waals surface area (Å²) in [5.74, 6) is 0.150. The van der Waals surface area contributed by atoms with Gasteiger partial charge in [0.15, 0.2) is 0 Å². The summed E-state index contributed by atoms with van der Waals surface area (Å²) in [5, 5.41) is 0. The number of rotatable bonds is 11. The van der Waals surface area contributed by atoms with Gasteiger partial charge in [0, 0.05) is 13.1 Å². The summed E-state index contributed by atoms with van der Waals surface area (Å²) in [6.07, 6.45) is 3.04. The first-order valence-electron chi connectivity index (χ1n) is 9.94. The summed E-state index contributed by atoms with van der Waals surface area (Å²) in [6.45, 7) is 4.04. The molecular weight excluding hydrogens is 412 g/mol. The van der Waals surface area contributed by atoms with Crippen molar-refractivity contribution < 1.29 is 17.6 Å². The van der Waals surface area contributed by atoms with E-state index in [1.165, 1.54) is 10.4 Å². The van der Waals surface area contributed by atoms with Gasteiger partial charge in [0.05, 0.1) is 25.1 Å². The molecule has 2 aromatic carbocycles. The highest BCUT2D eigenvalue weighted by Crippen LogP contribution is 2.15. The van der Waals surface area contributed by atoms with Gasteiger partial charge in [-0.25, -0.2) is 8.42 Å². The molecule has 0 unspecified atom stereocenters. The minimum Gasteiger partial charge on any atom is -0.467 e. The zero-order valence-electron chi connectivity index (χ0n) is 17.3. The molecule has 0 radical (unpaired) electrons. The third-order valence-electron chi connectivity index (χ3n) is 4.73. The molecule has 0 bridgehead atoms. The molecule has 0 aliphatic heterocycles. The third kappa shape index (κ3) is 6.67. The van der Waals surface area contributed by atoms with E-state index in [0.29, 0.717) is 17.9 Å². The van der Waals surface area contributed by atoms with Crippen LogP contribution < -0.4 is 0 Å². The number of furan rings is 1. The molecule has 7 heteroatoms. The van der Waals surface area contributed by atoms with Crippen molar-refractivity contribution in [1.82, 2.24) is 9.21 Å². The quantitative estimate of drug-likeness (QED) is 0.427. The monoisotopic (exact) mass is 438 g/mol. The van der Waals surface area contributed by atoms with Gasteiger partial charge in [-0.1, -0.05) is 66.7 Å². The van der Waals surface area contributed by atoms with Gasteiger partial charge in [-0.3, -0.25) is 4.79 Å². The van der Waals surface area contributed by atoms with Crippen molar-refractivity contribution in [2.45, 2.75) is 18.8 Å². The van der Waals surface area contributed by atoms with Crippen molar-refractivity contribution in [3.05, 3.63) is 109 Å². The Morgan fingerprint density at radius 2 is 1.55 bits per heavy atom. The summed E-state index contributed by atoms with van der Waals surface area (Å²) >= 11 is 0. The lowest BCUT2D eigenvalue weighted by molar-refractivity contribution is -0.132. The van der Waals surface area contributed by atoms with Gasteiger partial charge in [-0.15, -0.1) is 6.58 Å². The predicted octanol–water partition coefficient (Wildman–Crippen LogP) is 3.83. The average Bonchev–Trinajstić information content (AvgIpc) is 3.27. The van der Waals surface area contributed by atoms with E-state index in [1.54, 1.807) is 47.6 Å². The lowest BCUT2D eigenvalue weighted by Crippen LogP contribution is -2.42. The standard InChI is InChI=1S/C24H26N2O4S/c1-2-15-26(31(28,29)20-22-12-7-4-8-13-22)19-24(27)25(18-23-14-9-16-30-23)17-21-10-5-3-6-11-21/h2-14,16H,1,15,17-20H2. The van der Waals surface area contributed by atoms with Gasteiger partial charge in [0.2, 0.25) is 15.9 Å². The SMILES string of the molecule is C=CCN(CC(=O)N(Cc1ccccc1)Cc1ccco1)S(=O)(=O)Cc1ccccc1. The summed E-state index contributed by atoms with van der Waals surface area (Å²) in [4.78, 5) is 14.8. The van der Waals surface area contributed by atoms with Crippen LogP contribution in [0.25, 0.3) is 0 Å². The lowest BCUT2D eigenvalue weighted by Gasteiger charge is -2.26. The first-order valence-corrected chi connectivity index (χ1v) is 11.6. The fraction of sp³-hybridized carbons (Fsp3) is 0.208. The average molecular weight is 439 g/mol. The van der Waals surface area contributed by atoms with E-state index in [1.807, 2.05) is 36.4 Å². The van der Waals surface area contributed by atoms with Crippen LogP contribution in [0.2, 0.25) is 0 Å². The number of carbonyl (C=O) groups excluding carboxylic acids is 1. The fourth-order valence-electron chi connectivity index (χ4n) is 3.17. The van der Waals surface area contributed by atoms with E-state index < -0.39 is 10.0 Å². The Balaban J connectivity index is 1.78. The summed E-state index contributed by atoms with van der Waals surface area (Å²) in [5.41, 5.74) is 1.62. The van der Waals surface area contributed by atoms with Crippen LogP contribution in [0.1, 0.15) is 16.9 Å². The highest BCUT2D eigenvalue weighted by atomic mass is 32.2. The highest BCUT2D eigenvalue weighted by molar-refractivity contribution is 7.88. The second-order valence-electron chi connectivity index (χ2n) is 7.14. The Morgan fingerprint density at radius 1 is 0.903 bits per heavy atom. The van der Waals surface area contributed by atoms with Gasteiger partial charge in [0.1, 0.15) is 5.76 Å². The molecule has 162 valence electrons. The molecule has 0 aliphatic rings. The smallest absolute Gasteiger partial charge is 0.238 e.